The summed E-state index contributed by atoms with van der Waals surface area (Å²) in [4.78, 5) is 11.5. The monoisotopic (exact) mass is 244 g/mol. The van der Waals surface area contributed by atoms with Crippen LogP contribution in [-0.2, 0) is 4.79 Å². The largest absolute Gasteiger partial charge is 0.372 e. The van der Waals surface area contributed by atoms with Crippen molar-refractivity contribution in [3.05, 3.63) is 22.2 Å². The summed E-state index contributed by atoms with van der Waals surface area (Å²) < 4.78 is 0. The Morgan fingerprint density at radius 3 is 2.47 bits per heavy atom. The lowest BCUT2D eigenvalue weighted by Crippen LogP contribution is -2.38. The molecule has 0 aliphatic carbocycles. The number of anilines is 2. The van der Waals surface area contributed by atoms with E-state index in [1.54, 1.807) is 12.1 Å². The van der Waals surface area contributed by atoms with Gasteiger partial charge in [-0.05, 0) is 18.6 Å². The number of fused-ring (bicyclic) bond motifs is 1. The maximum Gasteiger partial charge on any atom is 0.246 e. The van der Waals surface area contributed by atoms with Gasteiger partial charge in [-0.1, -0.05) is 30.1 Å². The standard InChI is InChI=1S/C10H10Cl2N2O/c1-2-7-10(15)14-9-4-6(12)5(11)3-8(9)13-7/h3-4,7,13H,2H2,1H3,(H,14,15). The van der Waals surface area contributed by atoms with E-state index in [1.807, 2.05) is 6.92 Å². The molecule has 1 aliphatic rings. The lowest BCUT2D eigenvalue weighted by Gasteiger charge is -2.26. The number of hydrogen-bond donors (Lipinski definition) is 2. The van der Waals surface area contributed by atoms with Crippen LogP contribution in [0.2, 0.25) is 10.0 Å². The van der Waals surface area contributed by atoms with Crippen LogP contribution in [0.25, 0.3) is 0 Å². The van der Waals surface area contributed by atoms with Crippen LogP contribution in [0.3, 0.4) is 0 Å². The van der Waals surface area contributed by atoms with Crippen LogP contribution in [0, 0.1) is 0 Å². The quantitative estimate of drug-likeness (QED) is 0.797. The molecular formula is C10H10Cl2N2O. The average molecular weight is 245 g/mol. The summed E-state index contributed by atoms with van der Waals surface area (Å²) in [6, 6.07) is 3.17. The van der Waals surface area contributed by atoms with E-state index in [9.17, 15) is 4.79 Å². The molecule has 0 spiro atoms. The van der Waals surface area contributed by atoms with Crippen molar-refractivity contribution >= 4 is 40.5 Å². The number of benzene rings is 1. The van der Waals surface area contributed by atoms with Crippen molar-refractivity contribution in [2.24, 2.45) is 0 Å². The average Bonchev–Trinajstić information content (AvgIpc) is 2.20. The lowest BCUT2D eigenvalue weighted by atomic mass is 10.1. The molecule has 0 radical (unpaired) electrons. The number of halogens is 2. The first-order valence-corrected chi connectivity index (χ1v) is 5.44. The van der Waals surface area contributed by atoms with Crippen molar-refractivity contribution in [2.45, 2.75) is 19.4 Å². The van der Waals surface area contributed by atoms with Gasteiger partial charge in [0.15, 0.2) is 0 Å². The van der Waals surface area contributed by atoms with Gasteiger partial charge in [0.05, 0.1) is 21.4 Å². The summed E-state index contributed by atoms with van der Waals surface area (Å²) >= 11 is 11.7. The number of nitrogens with one attached hydrogen (secondary N) is 2. The minimum absolute atomic E-state index is 0.0385. The van der Waals surface area contributed by atoms with Crippen LogP contribution >= 0.6 is 23.2 Å². The molecule has 80 valence electrons. The van der Waals surface area contributed by atoms with E-state index in [4.69, 9.17) is 23.2 Å². The molecule has 3 nitrogen and oxygen atoms in total. The minimum Gasteiger partial charge on any atom is -0.372 e. The third kappa shape index (κ3) is 1.90. The van der Waals surface area contributed by atoms with E-state index >= 15 is 0 Å². The Morgan fingerprint density at radius 2 is 1.87 bits per heavy atom. The van der Waals surface area contributed by atoms with Gasteiger partial charge in [0.2, 0.25) is 5.91 Å². The van der Waals surface area contributed by atoms with Crippen molar-refractivity contribution in [3.63, 3.8) is 0 Å². The van der Waals surface area contributed by atoms with Crippen LogP contribution < -0.4 is 10.6 Å². The van der Waals surface area contributed by atoms with Crippen LogP contribution in [0.1, 0.15) is 13.3 Å². The molecule has 1 heterocycles. The van der Waals surface area contributed by atoms with Gasteiger partial charge < -0.3 is 10.6 Å². The Bertz CT molecular complexity index is 420. The highest BCUT2D eigenvalue weighted by Gasteiger charge is 2.24. The molecule has 1 atom stereocenters. The molecule has 5 heteroatoms. The van der Waals surface area contributed by atoms with E-state index in [-0.39, 0.29) is 11.9 Å². The van der Waals surface area contributed by atoms with Gasteiger partial charge in [-0.15, -0.1) is 0 Å². The highest BCUT2D eigenvalue weighted by molar-refractivity contribution is 6.42. The van der Waals surface area contributed by atoms with E-state index in [1.165, 1.54) is 0 Å². The van der Waals surface area contributed by atoms with Crippen LogP contribution in [0.4, 0.5) is 11.4 Å². The summed E-state index contributed by atoms with van der Waals surface area (Å²) in [6.07, 6.45) is 0.728. The molecule has 0 fully saturated rings. The maximum absolute atomic E-state index is 11.5. The van der Waals surface area contributed by atoms with Crippen LogP contribution in [-0.4, -0.2) is 11.9 Å². The predicted molar refractivity (Wildman–Crippen MR) is 62.8 cm³/mol. The first-order valence-electron chi connectivity index (χ1n) is 4.68. The molecule has 0 saturated heterocycles. The van der Waals surface area contributed by atoms with Crippen molar-refractivity contribution in [1.82, 2.24) is 0 Å². The Labute approximate surface area is 97.8 Å². The summed E-state index contributed by atoms with van der Waals surface area (Å²) in [5.41, 5.74) is 1.50. The second kappa shape index (κ2) is 3.91. The summed E-state index contributed by atoms with van der Waals surface area (Å²) in [7, 11) is 0. The zero-order valence-corrected chi connectivity index (χ0v) is 9.62. The van der Waals surface area contributed by atoms with Gasteiger partial charge >= 0.3 is 0 Å². The molecule has 0 bridgehead atoms. The van der Waals surface area contributed by atoms with Crippen molar-refractivity contribution in [2.75, 3.05) is 10.6 Å². The molecule has 1 aliphatic heterocycles. The first kappa shape index (κ1) is 10.6. The van der Waals surface area contributed by atoms with E-state index in [0.717, 1.165) is 12.1 Å². The third-order valence-corrected chi connectivity index (χ3v) is 3.09. The normalized spacial score (nSPS) is 19.1. The molecule has 1 aromatic rings. The molecule has 0 aromatic heterocycles. The molecule has 1 aromatic carbocycles. The van der Waals surface area contributed by atoms with Gasteiger partial charge in [0.25, 0.3) is 0 Å². The van der Waals surface area contributed by atoms with Gasteiger partial charge in [-0.25, -0.2) is 0 Å². The number of carbonyl (C=O) groups is 1. The van der Waals surface area contributed by atoms with E-state index in [2.05, 4.69) is 10.6 Å². The van der Waals surface area contributed by atoms with Crippen LogP contribution in [0.5, 0.6) is 0 Å². The zero-order valence-electron chi connectivity index (χ0n) is 8.10. The maximum atomic E-state index is 11.5. The van der Waals surface area contributed by atoms with E-state index < -0.39 is 0 Å². The SMILES string of the molecule is CCC1Nc2cc(Cl)c(Cl)cc2NC1=O. The smallest absolute Gasteiger partial charge is 0.246 e. The molecule has 15 heavy (non-hydrogen) atoms. The Kier molecular flexibility index (Phi) is 2.76. The van der Waals surface area contributed by atoms with Crippen molar-refractivity contribution in [3.8, 4) is 0 Å². The number of rotatable bonds is 1. The molecule has 1 amide bonds. The van der Waals surface area contributed by atoms with Gasteiger partial charge in [0, 0.05) is 0 Å². The first-order chi connectivity index (χ1) is 7.11. The zero-order chi connectivity index (χ0) is 11.0. The second-order valence-corrected chi connectivity index (χ2v) is 4.22. The molecule has 1 unspecified atom stereocenters. The minimum atomic E-state index is -0.199. The Balaban J connectivity index is 2.41. The molecule has 2 N–H and O–H groups in total. The molecule has 2 rings (SSSR count). The van der Waals surface area contributed by atoms with E-state index in [0.29, 0.717) is 15.7 Å². The Morgan fingerprint density at radius 1 is 1.27 bits per heavy atom. The number of hydrogen-bond acceptors (Lipinski definition) is 2. The van der Waals surface area contributed by atoms with Crippen LogP contribution in [0.15, 0.2) is 12.1 Å². The fraction of sp³-hybridized carbons (Fsp3) is 0.300. The summed E-state index contributed by atoms with van der Waals surface area (Å²) in [5.74, 6) is -0.0385. The van der Waals surface area contributed by atoms with Crippen molar-refractivity contribution in [1.29, 1.82) is 0 Å². The molecule has 0 saturated carbocycles. The highest BCUT2D eigenvalue weighted by Crippen LogP contribution is 2.35. The third-order valence-electron chi connectivity index (χ3n) is 2.37. The van der Waals surface area contributed by atoms with Crippen molar-refractivity contribution < 1.29 is 4.79 Å². The van der Waals surface area contributed by atoms with Gasteiger partial charge in [-0.3, -0.25) is 4.79 Å². The number of carbonyl (C=O) groups excluding carboxylic acids is 1. The summed E-state index contributed by atoms with van der Waals surface area (Å²) in [6.45, 7) is 1.94. The predicted octanol–water partition coefficient (Wildman–Crippen LogP) is 3.14. The Hall–Kier alpha value is -0.930. The lowest BCUT2D eigenvalue weighted by molar-refractivity contribution is -0.117. The topological polar surface area (TPSA) is 41.1 Å². The second-order valence-electron chi connectivity index (χ2n) is 3.41. The number of amides is 1. The van der Waals surface area contributed by atoms with Gasteiger partial charge in [0.1, 0.15) is 6.04 Å². The molecular weight excluding hydrogens is 235 g/mol. The van der Waals surface area contributed by atoms with Gasteiger partial charge in [-0.2, -0.15) is 0 Å². The highest BCUT2D eigenvalue weighted by atomic mass is 35.5. The fourth-order valence-electron chi connectivity index (χ4n) is 1.53. The summed E-state index contributed by atoms with van der Waals surface area (Å²) in [5, 5.41) is 6.81. The fourth-order valence-corrected chi connectivity index (χ4v) is 1.86.